The lowest BCUT2D eigenvalue weighted by Crippen LogP contribution is -2.40. The highest BCUT2D eigenvalue weighted by atomic mass is 35.5. The van der Waals surface area contributed by atoms with E-state index in [9.17, 15) is 4.79 Å². The Bertz CT molecular complexity index is 699. The summed E-state index contributed by atoms with van der Waals surface area (Å²) in [6, 6.07) is 0. The number of piperidine rings is 1. The van der Waals surface area contributed by atoms with E-state index in [4.69, 9.17) is 26.0 Å². The molecule has 1 atom stereocenters. The van der Waals surface area contributed by atoms with Crippen molar-refractivity contribution < 1.29 is 19.2 Å². The molecule has 128 valence electrons. The number of hydrogen-bond acceptors (Lipinski definition) is 7. The number of amides is 1. The molecular weight excluding hydrogens is 338 g/mol. The Labute approximate surface area is 142 Å². The van der Waals surface area contributed by atoms with Crippen LogP contribution in [-0.4, -0.2) is 55.4 Å². The van der Waals surface area contributed by atoms with Crippen LogP contribution in [0.1, 0.15) is 31.7 Å². The maximum Gasteiger partial charge on any atom is 0.407 e. The molecule has 24 heavy (non-hydrogen) atoms. The van der Waals surface area contributed by atoms with Crippen LogP contribution < -0.4 is 0 Å². The van der Waals surface area contributed by atoms with Crippen LogP contribution in [0.5, 0.6) is 0 Å². The second-order valence-corrected chi connectivity index (χ2v) is 5.82. The minimum absolute atomic E-state index is 0.0344. The minimum Gasteiger partial charge on any atom is -0.465 e. The molecule has 0 aromatic carbocycles. The molecule has 9 nitrogen and oxygen atoms in total. The largest absolute Gasteiger partial charge is 0.465 e. The molecule has 1 amide bonds. The molecule has 0 saturated carbocycles. The number of carboxylic acid groups (broad SMARTS) is 1. The third-order valence-corrected chi connectivity index (χ3v) is 3.95. The molecule has 0 bridgehead atoms. The second-order valence-electron chi connectivity index (χ2n) is 5.43. The fourth-order valence-corrected chi connectivity index (χ4v) is 2.56. The fourth-order valence-electron chi connectivity index (χ4n) is 2.46. The van der Waals surface area contributed by atoms with E-state index in [-0.39, 0.29) is 23.3 Å². The van der Waals surface area contributed by atoms with Gasteiger partial charge in [0, 0.05) is 13.1 Å². The molecule has 3 heterocycles. The van der Waals surface area contributed by atoms with Gasteiger partial charge in [0.15, 0.2) is 0 Å². The summed E-state index contributed by atoms with van der Waals surface area (Å²) >= 11 is 5.69. The first-order chi connectivity index (χ1) is 11.5. The van der Waals surface area contributed by atoms with E-state index in [1.54, 1.807) is 0 Å². The molecule has 1 saturated heterocycles. The van der Waals surface area contributed by atoms with Crippen molar-refractivity contribution in [2.75, 3.05) is 13.1 Å². The number of nitrogens with zero attached hydrogens (tertiary/aromatic N) is 5. The summed E-state index contributed by atoms with van der Waals surface area (Å²) in [6.45, 7) is 2.75. The zero-order valence-corrected chi connectivity index (χ0v) is 13.7. The van der Waals surface area contributed by atoms with Gasteiger partial charge in [-0.25, -0.2) is 14.8 Å². The van der Waals surface area contributed by atoms with Crippen LogP contribution in [0.4, 0.5) is 4.79 Å². The van der Waals surface area contributed by atoms with Crippen molar-refractivity contribution >= 4 is 17.7 Å². The van der Waals surface area contributed by atoms with Gasteiger partial charge in [0.1, 0.15) is 17.0 Å². The summed E-state index contributed by atoms with van der Waals surface area (Å²) in [5, 5.41) is 13.1. The number of likely N-dealkylation sites (tertiary alicyclic amines) is 1. The Balaban J connectivity index is 1.59. The van der Waals surface area contributed by atoms with Gasteiger partial charge in [-0.2, -0.15) is 4.98 Å². The normalized spacial score (nSPS) is 17.0. The first kappa shape index (κ1) is 16.6. The number of rotatable bonds is 4. The summed E-state index contributed by atoms with van der Waals surface area (Å²) in [6.07, 6.45) is 2.84. The van der Waals surface area contributed by atoms with Gasteiger partial charge in [0.2, 0.25) is 5.82 Å². The molecule has 2 aromatic heterocycles. The Morgan fingerprint density at radius 1 is 1.42 bits per heavy atom. The lowest BCUT2D eigenvalue weighted by atomic mass is 10.1. The highest BCUT2D eigenvalue weighted by Crippen LogP contribution is 2.24. The first-order valence-corrected chi connectivity index (χ1v) is 7.85. The quantitative estimate of drug-likeness (QED) is 0.890. The number of hydrogen-bond donors (Lipinski definition) is 1. The molecule has 0 aliphatic carbocycles. The van der Waals surface area contributed by atoms with Crippen LogP contribution in [-0.2, 0) is 4.74 Å². The van der Waals surface area contributed by atoms with E-state index in [0.717, 1.165) is 0 Å². The second kappa shape index (κ2) is 7.10. The third kappa shape index (κ3) is 3.80. The van der Waals surface area contributed by atoms with Gasteiger partial charge in [0.25, 0.3) is 5.89 Å². The van der Waals surface area contributed by atoms with Crippen molar-refractivity contribution in [1.29, 1.82) is 0 Å². The van der Waals surface area contributed by atoms with E-state index in [1.807, 2.05) is 6.92 Å². The maximum absolute atomic E-state index is 10.9. The van der Waals surface area contributed by atoms with Crippen molar-refractivity contribution in [3.63, 3.8) is 0 Å². The van der Waals surface area contributed by atoms with Crippen LogP contribution in [0, 0.1) is 0 Å². The van der Waals surface area contributed by atoms with Crippen molar-refractivity contribution in [3.05, 3.63) is 23.4 Å². The molecule has 0 spiro atoms. The highest BCUT2D eigenvalue weighted by Gasteiger charge is 2.26. The molecule has 1 fully saturated rings. The van der Waals surface area contributed by atoms with Gasteiger partial charge in [-0.1, -0.05) is 16.8 Å². The average molecular weight is 354 g/mol. The molecule has 1 N–H and O–H groups in total. The van der Waals surface area contributed by atoms with Crippen molar-refractivity contribution in [2.45, 2.75) is 32.0 Å². The predicted octanol–water partition coefficient (Wildman–Crippen LogP) is 2.40. The van der Waals surface area contributed by atoms with Gasteiger partial charge in [-0.15, -0.1) is 0 Å². The van der Waals surface area contributed by atoms with Crippen molar-refractivity contribution in [2.24, 2.45) is 0 Å². The molecule has 0 radical (unpaired) electrons. The average Bonchev–Trinajstić information content (AvgIpc) is 3.06. The molecule has 0 unspecified atom stereocenters. The van der Waals surface area contributed by atoms with Crippen LogP contribution in [0.15, 0.2) is 16.9 Å². The first-order valence-electron chi connectivity index (χ1n) is 7.48. The molecular formula is C14H16ClN5O4. The van der Waals surface area contributed by atoms with Crippen LogP contribution in [0.25, 0.3) is 11.6 Å². The summed E-state index contributed by atoms with van der Waals surface area (Å²) in [4.78, 5) is 24.5. The zero-order chi connectivity index (χ0) is 17.1. The fraction of sp³-hybridized carbons (Fsp3) is 0.500. The smallest absolute Gasteiger partial charge is 0.407 e. The Morgan fingerprint density at radius 2 is 2.17 bits per heavy atom. The summed E-state index contributed by atoms with van der Waals surface area (Å²) in [5.74, 6) is 0.646. The van der Waals surface area contributed by atoms with E-state index in [0.29, 0.717) is 37.4 Å². The maximum atomic E-state index is 10.9. The number of aromatic nitrogens is 4. The van der Waals surface area contributed by atoms with Crippen molar-refractivity contribution in [3.8, 4) is 11.6 Å². The third-order valence-electron chi connectivity index (χ3n) is 3.75. The van der Waals surface area contributed by atoms with E-state index >= 15 is 0 Å². The van der Waals surface area contributed by atoms with Crippen molar-refractivity contribution in [1.82, 2.24) is 25.0 Å². The molecule has 2 aromatic rings. The Morgan fingerprint density at radius 3 is 2.79 bits per heavy atom. The lowest BCUT2D eigenvalue weighted by molar-refractivity contribution is -0.0373. The van der Waals surface area contributed by atoms with Gasteiger partial charge in [-0.3, -0.25) is 0 Å². The summed E-state index contributed by atoms with van der Waals surface area (Å²) in [5.41, 5.74) is 0.431. The standard InChI is InChI=1S/C14H16ClN5O4/c1-8(23-9-2-4-20(5-3-9)14(21)22)12-18-13(24-19-12)10-6-17-11(15)7-16-10/h6-9H,2-5H2,1H3,(H,21,22)/t8-/m1/s1. The number of ether oxygens (including phenoxy) is 1. The summed E-state index contributed by atoms with van der Waals surface area (Å²) < 4.78 is 11.1. The lowest BCUT2D eigenvalue weighted by Gasteiger charge is -2.31. The van der Waals surface area contributed by atoms with Gasteiger partial charge >= 0.3 is 6.09 Å². The SMILES string of the molecule is C[C@@H](OC1CCN(C(=O)O)CC1)c1noc(-c2cnc(Cl)cn2)n1. The topological polar surface area (TPSA) is 114 Å². The molecule has 10 heteroatoms. The van der Waals surface area contributed by atoms with E-state index < -0.39 is 6.09 Å². The van der Waals surface area contributed by atoms with Gasteiger partial charge < -0.3 is 19.3 Å². The minimum atomic E-state index is -0.895. The van der Waals surface area contributed by atoms with E-state index in [2.05, 4.69) is 20.1 Å². The predicted molar refractivity (Wildman–Crippen MR) is 82.5 cm³/mol. The van der Waals surface area contributed by atoms with Crippen LogP contribution in [0.2, 0.25) is 5.15 Å². The molecule has 1 aliphatic heterocycles. The number of carbonyl (C=O) groups is 1. The number of halogens is 1. The monoisotopic (exact) mass is 353 g/mol. The van der Waals surface area contributed by atoms with Gasteiger partial charge in [-0.05, 0) is 19.8 Å². The van der Waals surface area contributed by atoms with Crippen LogP contribution in [0.3, 0.4) is 0 Å². The highest BCUT2D eigenvalue weighted by molar-refractivity contribution is 6.29. The summed E-state index contributed by atoms with van der Waals surface area (Å²) in [7, 11) is 0. The Hall–Kier alpha value is -2.26. The zero-order valence-electron chi connectivity index (χ0n) is 12.9. The molecule has 3 rings (SSSR count). The van der Waals surface area contributed by atoms with Gasteiger partial charge in [0.05, 0.1) is 18.5 Å². The van der Waals surface area contributed by atoms with Crippen LogP contribution >= 0.6 is 11.6 Å². The Kier molecular flexibility index (Phi) is 4.91. The molecule has 1 aliphatic rings. The van der Waals surface area contributed by atoms with E-state index in [1.165, 1.54) is 17.3 Å².